The van der Waals surface area contributed by atoms with Gasteiger partial charge >= 0.3 is 0 Å². The van der Waals surface area contributed by atoms with Gasteiger partial charge < -0.3 is 20.1 Å². The van der Waals surface area contributed by atoms with Crippen molar-refractivity contribution in [1.29, 1.82) is 0 Å². The maximum atomic E-state index is 10.2. The first-order valence-electron chi connectivity index (χ1n) is 8.08. The fourth-order valence-electron chi connectivity index (χ4n) is 2.90. The number of fused-ring (bicyclic) bond motifs is 1. The molecule has 0 radical (unpaired) electrons. The number of imidazole rings is 1. The van der Waals surface area contributed by atoms with Crippen LogP contribution in [0.15, 0.2) is 48.0 Å². The molecular formula is C17H17N5O4. The second-order valence-corrected chi connectivity index (χ2v) is 5.92. The Kier molecular flexibility index (Phi) is 4.43. The van der Waals surface area contributed by atoms with Gasteiger partial charge in [-0.25, -0.2) is 19.9 Å². The second-order valence-electron chi connectivity index (χ2n) is 5.92. The van der Waals surface area contributed by atoms with E-state index < -0.39 is 31.1 Å². The summed E-state index contributed by atoms with van der Waals surface area (Å²) < 4.78 is 7.03. The summed E-state index contributed by atoms with van der Waals surface area (Å²) in [5.41, 5.74) is 1.77. The summed E-state index contributed by atoms with van der Waals surface area (Å²) in [5.74, 6) is 0.379. The predicted molar refractivity (Wildman–Crippen MR) is 92.0 cm³/mol. The summed E-state index contributed by atoms with van der Waals surface area (Å²) in [7, 11) is 0. The van der Waals surface area contributed by atoms with E-state index in [1.54, 1.807) is 6.21 Å². The molecule has 0 bridgehead atoms. The first kappa shape index (κ1) is 16.7. The molecule has 4 rings (SSSR count). The highest BCUT2D eigenvalue weighted by molar-refractivity contribution is 5.87. The Morgan fingerprint density at radius 3 is 2.65 bits per heavy atom. The van der Waals surface area contributed by atoms with E-state index in [0.29, 0.717) is 17.0 Å². The third kappa shape index (κ3) is 2.86. The van der Waals surface area contributed by atoms with Gasteiger partial charge in [0.25, 0.3) is 0 Å². The molecule has 1 aliphatic rings. The summed E-state index contributed by atoms with van der Waals surface area (Å²) in [5, 5.41) is 29.4. The molecule has 3 heterocycles. The highest BCUT2D eigenvalue weighted by Gasteiger charge is 2.44. The number of aliphatic imine (C=N–C) groups is 1. The van der Waals surface area contributed by atoms with E-state index in [4.69, 9.17) is 4.74 Å². The SMILES string of the molecule is OC[C@H]1O[C@@H](n2cnc3c(N=Cc4ccccc4)ncnc32)[C@H](O)[C@@H]1O. The number of aromatic nitrogens is 4. The molecule has 3 N–H and O–H groups in total. The van der Waals surface area contributed by atoms with E-state index in [0.717, 1.165) is 5.56 Å². The maximum absolute atomic E-state index is 10.2. The Balaban J connectivity index is 1.69. The van der Waals surface area contributed by atoms with Gasteiger partial charge in [-0.15, -0.1) is 0 Å². The lowest BCUT2D eigenvalue weighted by atomic mass is 10.1. The van der Waals surface area contributed by atoms with Gasteiger partial charge in [0.2, 0.25) is 0 Å². The minimum atomic E-state index is -1.21. The van der Waals surface area contributed by atoms with Crippen molar-refractivity contribution in [2.24, 2.45) is 4.99 Å². The third-order valence-corrected chi connectivity index (χ3v) is 4.27. The van der Waals surface area contributed by atoms with Crippen LogP contribution < -0.4 is 0 Å². The van der Waals surface area contributed by atoms with Crippen LogP contribution in [0.4, 0.5) is 5.82 Å². The molecule has 134 valence electrons. The second kappa shape index (κ2) is 6.89. The molecular weight excluding hydrogens is 338 g/mol. The number of rotatable bonds is 4. The van der Waals surface area contributed by atoms with Crippen molar-refractivity contribution >= 4 is 23.2 Å². The molecule has 26 heavy (non-hydrogen) atoms. The van der Waals surface area contributed by atoms with Crippen molar-refractivity contribution in [1.82, 2.24) is 19.5 Å². The fourth-order valence-corrected chi connectivity index (χ4v) is 2.90. The van der Waals surface area contributed by atoms with E-state index in [-0.39, 0.29) is 0 Å². The topological polar surface area (TPSA) is 126 Å². The number of hydrogen-bond donors (Lipinski definition) is 3. The molecule has 9 heteroatoms. The molecule has 4 atom stereocenters. The molecule has 0 saturated carbocycles. The zero-order chi connectivity index (χ0) is 18.1. The first-order valence-corrected chi connectivity index (χ1v) is 8.08. The average molecular weight is 355 g/mol. The van der Waals surface area contributed by atoms with Gasteiger partial charge in [-0.2, -0.15) is 0 Å². The maximum Gasteiger partial charge on any atom is 0.183 e. The van der Waals surface area contributed by atoms with E-state index >= 15 is 0 Å². The van der Waals surface area contributed by atoms with Crippen LogP contribution in [-0.2, 0) is 4.74 Å². The van der Waals surface area contributed by atoms with Crippen molar-refractivity contribution < 1.29 is 20.1 Å². The Hall–Kier alpha value is -2.72. The van der Waals surface area contributed by atoms with Crippen LogP contribution in [0.25, 0.3) is 11.2 Å². The number of hydrogen-bond acceptors (Lipinski definition) is 8. The van der Waals surface area contributed by atoms with Crippen LogP contribution in [0.5, 0.6) is 0 Å². The van der Waals surface area contributed by atoms with E-state index in [9.17, 15) is 15.3 Å². The Morgan fingerprint density at radius 1 is 1.12 bits per heavy atom. The van der Waals surface area contributed by atoms with Crippen molar-refractivity contribution in [3.63, 3.8) is 0 Å². The average Bonchev–Trinajstić information content (AvgIpc) is 3.23. The van der Waals surface area contributed by atoms with Gasteiger partial charge in [-0.1, -0.05) is 30.3 Å². The number of aliphatic hydroxyl groups is 3. The molecule has 3 aromatic rings. The molecule has 0 amide bonds. The molecule has 2 aromatic heterocycles. The minimum absolute atomic E-state index is 0.379. The van der Waals surface area contributed by atoms with Crippen LogP contribution in [0.3, 0.4) is 0 Å². The van der Waals surface area contributed by atoms with Crippen molar-refractivity contribution in [2.45, 2.75) is 24.5 Å². The molecule has 1 fully saturated rings. The molecule has 9 nitrogen and oxygen atoms in total. The highest BCUT2D eigenvalue weighted by atomic mass is 16.6. The molecule has 1 aromatic carbocycles. The van der Waals surface area contributed by atoms with Crippen LogP contribution in [-0.4, -0.2) is 66.0 Å². The minimum Gasteiger partial charge on any atom is -0.394 e. The lowest BCUT2D eigenvalue weighted by Gasteiger charge is -2.16. The Bertz CT molecular complexity index is 929. The summed E-state index contributed by atoms with van der Waals surface area (Å²) in [6, 6.07) is 9.57. The van der Waals surface area contributed by atoms with Gasteiger partial charge in [0.05, 0.1) is 12.9 Å². The summed E-state index contributed by atoms with van der Waals surface area (Å²) in [6.45, 7) is -0.400. The molecule has 0 spiro atoms. The Labute approximate surface area is 148 Å². The fraction of sp³-hybridized carbons (Fsp3) is 0.294. The standard InChI is InChI=1S/C17H17N5O4/c23-7-11-13(24)14(25)17(26-11)22-9-21-12-15(19-8-20-16(12)22)18-6-10-4-2-1-3-5-10/h1-6,8-9,11,13-14,17,23-25H,7H2/t11-,13-,14-,17-/m1/s1. The monoisotopic (exact) mass is 355 g/mol. The molecule has 1 aliphatic heterocycles. The molecule has 0 aliphatic carbocycles. The highest BCUT2D eigenvalue weighted by Crippen LogP contribution is 2.32. The lowest BCUT2D eigenvalue weighted by Crippen LogP contribution is -2.33. The van der Waals surface area contributed by atoms with E-state index in [1.807, 2.05) is 30.3 Å². The molecule has 1 saturated heterocycles. The predicted octanol–water partition coefficient (Wildman–Crippen LogP) is 0.188. The molecule has 0 unspecified atom stereocenters. The zero-order valence-electron chi connectivity index (χ0n) is 13.6. The Morgan fingerprint density at radius 2 is 1.92 bits per heavy atom. The van der Waals surface area contributed by atoms with Crippen molar-refractivity contribution in [2.75, 3.05) is 6.61 Å². The van der Waals surface area contributed by atoms with Gasteiger partial charge in [-0.05, 0) is 5.56 Å². The van der Waals surface area contributed by atoms with Crippen molar-refractivity contribution in [3.8, 4) is 0 Å². The smallest absolute Gasteiger partial charge is 0.183 e. The quantitative estimate of drug-likeness (QED) is 0.570. The first-order chi connectivity index (χ1) is 12.7. The van der Waals surface area contributed by atoms with Crippen LogP contribution in [0.1, 0.15) is 11.8 Å². The number of aliphatic hydroxyl groups excluding tert-OH is 3. The van der Waals surface area contributed by atoms with Gasteiger partial charge in [0, 0.05) is 6.21 Å². The summed E-state index contributed by atoms with van der Waals surface area (Å²) >= 11 is 0. The van der Waals surface area contributed by atoms with Crippen LogP contribution in [0.2, 0.25) is 0 Å². The summed E-state index contributed by atoms with van der Waals surface area (Å²) in [4.78, 5) is 17.0. The number of benzene rings is 1. The van der Waals surface area contributed by atoms with Crippen LogP contribution in [0, 0.1) is 0 Å². The van der Waals surface area contributed by atoms with Crippen molar-refractivity contribution in [3.05, 3.63) is 48.5 Å². The van der Waals surface area contributed by atoms with E-state index in [1.165, 1.54) is 17.2 Å². The van der Waals surface area contributed by atoms with Gasteiger partial charge in [0.1, 0.15) is 24.6 Å². The zero-order valence-corrected chi connectivity index (χ0v) is 13.6. The van der Waals surface area contributed by atoms with E-state index in [2.05, 4.69) is 19.9 Å². The van der Waals surface area contributed by atoms with Gasteiger partial charge in [-0.3, -0.25) is 4.57 Å². The number of nitrogens with zero attached hydrogens (tertiary/aromatic N) is 5. The van der Waals surface area contributed by atoms with Gasteiger partial charge in [0.15, 0.2) is 23.2 Å². The lowest BCUT2D eigenvalue weighted by molar-refractivity contribution is -0.0511. The van der Waals surface area contributed by atoms with Crippen LogP contribution >= 0.6 is 0 Å². The third-order valence-electron chi connectivity index (χ3n) is 4.27. The number of ether oxygens (including phenoxy) is 1. The normalized spacial score (nSPS) is 26.1. The summed E-state index contributed by atoms with van der Waals surface area (Å²) in [6.07, 6.45) is 0.280. The largest absolute Gasteiger partial charge is 0.394 e.